The third-order valence-corrected chi connectivity index (χ3v) is 4.87. The standard InChI is InChI=1S/C18H17FN2O/c1-10(22)15-9-20-18(21-14-4-2-3-13(19)8-14)17-12-6-5-11(7-12)16(15)17/h2-4,8-9,11-12H,5-7H2,1H3,(H,20,21). The molecule has 112 valence electrons. The van der Waals surface area contributed by atoms with E-state index in [1.54, 1.807) is 19.2 Å². The molecule has 1 fully saturated rings. The number of pyridine rings is 1. The van der Waals surface area contributed by atoms with Crippen LogP contribution in [0.5, 0.6) is 0 Å². The Morgan fingerprint density at radius 2 is 2.05 bits per heavy atom. The predicted octanol–water partition coefficient (Wildman–Crippen LogP) is 4.53. The van der Waals surface area contributed by atoms with Crippen molar-refractivity contribution in [3.8, 4) is 0 Å². The van der Waals surface area contributed by atoms with E-state index in [9.17, 15) is 9.18 Å². The third-order valence-electron chi connectivity index (χ3n) is 4.87. The van der Waals surface area contributed by atoms with E-state index in [2.05, 4.69) is 10.3 Å². The smallest absolute Gasteiger partial charge is 0.161 e. The predicted molar refractivity (Wildman–Crippen MR) is 83.3 cm³/mol. The highest BCUT2D eigenvalue weighted by Gasteiger charge is 2.41. The third kappa shape index (κ3) is 2.02. The number of carbonyl (C=O) groups is 1. The largest absolute Gasteiger partial charge is 0.340 e. The number of rotatable bonds is 3. The second-order valence-corrected chi connectivity index (χ2v) is 6.25. The molecular formula is C18H17FN2O. The minimum atomic E-state index is -0.275. The molecule has 0 saturated heterocycles. The van der Waals surface area contributed by atoms with Gasteiger partial charge in [-0.2, -0.15) is 0 Å². The van der Waals surface area contributed by atoms with E-state index in [4.69, 9.17) is 0 Å². The van der Waals surface area contributed by atoms with Crippen LogP contribution >= 0.6 is 0 Å². The fourth-order valence-corrected chi connectivity index (χ4v) is 3.98. The van der Waals surface area contributed by atoms with Gasteiger partial charge in [0.25, 0.3) is 0 Å². The molecule has 2 bridgehead atoms. The Labute approximate surface area is 128 Å². The normalized spacial score (nSPS) is 21.7. The molecule has 1 aromatic heterocycles. The molecule has 1 saturated carbocycles. The van der Waals surface area contributed by atoms with Crippen LogP contribution in [-0.2, 0) is 0 Å². The molecule has 2 unspecified atom stereocenters. The second kappa shape index (κ2) is 4.90. The van der Waals surface area contributed by atoms with Crippen molar-refractivity contribution in [3.63, 3.8) is 0 Å². The minimum absolute atomic E-state index is 0.0774. The van der Waals surface area contributed by atoms with E-state index in [0.717, 1.165) is 30.6 Å². The van der Waals surface area contributed by atoms with Gasteiger partial charge in [-0.15, -0.1) is 0 Å². The molecule has 4 heteroatoms. The molecule has 22 heavy (non-hydrogen) atoms. The highest BCUT2D eigenvalue weighted by Crippen LogP contribution is 2.56. The van der Waals surface area contributed by atoms with Crippen LogP contribution in [0.15, 0.2) is 30.5 Å². The molecule has 3 nitrogen and oxygen atoms in total. The summed E-state index contributed by atoms with van der Waals surface area (Å²) in [6.07, 6.45) is 5.09. The average molecular weight is 296 g/mol. The summed E-state index contributed by atoms with van der Waals surface area (Å²) in [5.41, 5.74) is 3.80. The molecule has 0 radical (unpaired) electrons. The van der Waals surface area contributed by atoms with E-state index < -0.39 is 0 Å². The molecule has 0 aliphatic heterocycles. The van der Waals surface area contributed by atoms with Crippen molar-refractivity contribution in [3.05, 3.63) is 53.0 Å². The highest BCUT2D eigenvalue weighted by atomic mass is 19.1. The van der Waals surface area contributed by atoms with Crippen LogP contribution in [0.4, 0.5) is 15.9 Å². The lowest BCUT2D eigenvalue weighted by atomic mass is 9.88. The Morgan fingerprint density at radius 1 is 1.27 bits per heavy atom. The summed E-state index contributed by atoms with van der Waals surface area (Å²) in [6, 6.07) is 6.38. The van der Waals surface area contributed by atoms with Crippen LogP contribution in [0.1, 0.15) is 59.5 Å². The Balaban J connectivity index is 1.80. The van der Waals surface area contributed by atoms with Crippen molar-refractivity contribution < 1.29 is 9.18 Å². The van der Waals surface area contributed by atoms with Crippen molar-refractivity contribution in [1.29, 1.82) is 0 Å². The van der Waals surface area contributed by atoms with Gasteiger partial charge in [-0.1, -0.05) is 6.07 Å². The van der Waals surface area contributed by atoms with Gasteiger partial charge in [0.15, 0.2) is 5.78 Å². The number of nitrogens with one attached hydrogen (secondary N) is 1. The van der Waals surface area contributed by atoms with Crippen LogP contribution in [0, 0.1) is 5.82 Å². The summed E-state index contributed by atoms with van der Waals surface area (Å²) in [6.45, 7) is 1.60. The van der Waals surface area contributed by atoms with E-state index in [1.165, 1.54) is 23.3 Å². The van der Waals surface area contributed by atoms with E-state index in [0.29, 0.717) is 17.5 Å². The number of hydrogen-bond acceptors (Lipinski definition) is 3. The first-order valence-electron chi connectivity index (χ1n) is 7.70. The number of fused-ring (bicyclic) bond motifs is 5. The van der Waals surface area contributed by atoms with Gasteiger partial charge >= 0.3 is 0 Å². The number of benzene rings is 1. The van der Waals surface area contributed by atoms with Gasteiger partial charge in [-0.05, 0) is 61.8 Å². The number of Topliss-reactive ketones (excluding diaryl/α,β-unsaturated/α-hetero) is 1. The lowest BCUT2D eigenvalue weighted by Gasteiger charge is -2.21. The van der Waals surface area contributed by atoms with Gasteiger partial charge in [0.1, 0.15) is 11.6 Å². The number of ketones is 1. The van der Waals surface area contributed by atoms with Gasteiger partial charge in [0, 0.05) is 23.0 Å². The number of hydrogen-bond donors (Lipinski definition) is 1. The Bertz CT molecular complexity index is 772. The lowest BCUT2D eigenvalue weighted by Crippen LogP contribution is -2.10. The van der Waals surface area contributed by atoms with Crippen LogP contribution in [0.3, 0.4) is 0 Å². The summed E-state index contributed by atoms with van der Waals surface area (Å²) in [5.74, 6) is 1.53. The molecule has 4 rings (SSSR count). The molecule has 2 aliphatic rings. The van der Waals surface area contributed by atoms with Gasteiger partial charge in [0.05, 0.1) is 0 Å². The molecule has 0 amide bonds. The molecular weight excluding hydrogens is 279 g/mol. The van der Waals surface area contributed by atoms with Gasteiger partial charge in [-0.3, -0.25) is 4.79 Å². The quantitative estimate of drug-likeness (QED) is 0.846. The summed E-state index contributed by atoms with van der Waals surface area (Å²) < 4.78 is 13.4. The fourth-order valence-electron chi connectivity index (χ4n) is 3.98. The molecule has 2 atom stereocenters. The van der Waals surface area contributed by atoms with Crippen molar-refractivity contribution in [2.24, 2.45) is 0 Å². The Kier molecular flexibility index (Phi) is 2.99. The number of aromatic nitrogens is 1. The first-order valence-corrected chi connectivity index (χ1v) is 7.70. The molecule has 2 aromatic rings. The zero-order valence-corrected chi connectivity index (χ0v) is 12.4. The van der Waals surface area contributed by atoms with Gasteiger partial charge in [0.2, 0.25) is 0 Å². The van der Waals surface area contributed by atoms with Crippen LogP contribution in [-0.4, -0.2) is 10.8 Å². The Hall–Kier alpha value is -2.23. The average Bonchev–Trinajstić information content (AvgIpc) is 3.09. The summed E-state index contributed by atoms with van der Waals surface area (Å²) in [7, 11) is 0. The zero-order valence-electron chi connectivity index (χ0n) is 12.4. The van der Waals surface area contributed by atoms with Crippen molar-refractivity contribution in [2.75, 3.05) is 5.32 Å². The maximum Gasteiger partial charge on any atom is 0.161 e. The van der Waals surface area contributed by atoms with Crippen molar-refractivity contribution in [1.82, 2.24) is 4.98 Å². The second-order valence-electron chi connectivity index (χ2n) is 6.25. The zero-order chi connectivity index (χ0) is 15.3. The van der Waals surface area contributed by atoms with Crippen LogP contribution in [0.25, 0.3) is 0 Å². The van der Waals surface area contributed by atoms with E-state index in [-0.39, 0.29) is 11.6 Å². The number of nitrogens with zero attached hydrogens (tertiary/aromatic N) is 1. The molecule has 2 aliphatic carbocycles. The first kappa shape index (κ1) is 13.4. The lowest BCUT2D eigenvalue weighted by molar-refractivity contribution is 0.101. The number of carbonyl (C=O) groups excluding carboxylic acids is 1. The maximum absolute atomic E-state index is 13.4. The SMILES string of the molecule is CC(=O)c1cnc(Nc2cccc(F)c2)c2c1C1CCC2C1. The monoisotopic (exact) mass is 296 g/mol. The van der Waals surface area contributed by atoms with Crippen molar-refractivity contribution in [2.45, 2.75) is 38.0 Å². The fraction of sp³-hybridized carbons (Fsp3) is 0.333. The molecule has 1 heterocycles. The van der Waals surface area contributed by atoms with E-state index in [1.807, 2.05) is 6.07 Å². The summed E-state index contributed by atoms with van der Waals surface area (Å²) in [5, 5.41) is 3.23. The minimum Gasteiger partial charge on any atom is -0.340 e. The molecule has 0 spiro atoms. The van der Waals surface area contributed by atoms with Crippen LogP contribution < -0.4 is 5.32 Å². The topological polar surface area (TPSA) is 42.0 Å². The van der Waals surface area contributed by atoms with Gasteiger partial charge in [-0.25, -0.2) is 9.37 Å². The summed E-state index contributed by atoms with van der Waals surface area (Å²) >= 11 is 0. The number of anilines is 2. The van der Waals surface area contributed by atoms with Gasteiger partial charge < -0.3 is 5.32 Å². The summed E-state index contributed by atoms with van der Waals surface area (Å²) in [4.78, 5) is 16.3. The van der Waals surface area contributed by atoms with Crippen molar-refractivity contribution >= 4 is 17.3 Å². The molecule has 1 aromatic carbocycles. The van der Waals surface area contributed by atoms with E-state index >= 15 is 0 Å². The number of halogens is 1. The van der Waals surface area contributed by atoms with Crippen LogP contribution in [0.2, 0.25) is 0 Å². The maximum atomic E-state index is 13.4. The highest BCUT2D eigenvalue weighted by molar-refractivity contribution is 5.96. The molecule has 1 N–H and O–H groups in total. The first-order chi connectivity index (χ1) is 10.6. The Morgan fingerprint density at radius 3 is 2.77 bits per heavy atom.